The normalized spacial score (nSPS) is 10.6. The highest BCUT2D eigenvalue weighted by Crippen LogP contribution is 2.14. The molecule has 0 atom stereocenters. The van der Waals surface area contributed by atoms with Crippen LogP contribution in [0.5, 0.6) is 5.75 Å². The SMILES string of the molecule is CCCCCCCCCCOc1ccc(C(=O)OCCOCC)cc1. The number of carbonyl (C=O) groups excluding carboxylic acids is 1. The van der Waals surface area contributed by atoms with E-state index in [2.05, 4.69) is 6.92 Å². The van der Waals surface area contributed by atoms with Crippen LogP contribution in [0.1, 0.15) is 75.6 Å². The minimum Gasteiger partial charge on any atom is -0.494 e. The third kappa shape index (κ3) is 10.8. The highest BCUT2D eigenvalue weighted by atomic mass is 16.6. The van der Waals surface area contributed by atoms with E-state index in [4.69, 9.17) is 14.2 Å². The summed E-state index contributed by atoms with van der Waals surface area (Å²) >= 11 is 0. The largest absolute Gasteiger partial charge is 0.494 e. The van der Waals surface area contributed by atoms with Crippen molar-refractivity contribution in [1.82, 2.24) is 0 Å². The zero-order valence-electron chi connectivity index (χ0n) is 15.9. The molecule has 1 rings (SSSR count). The van der Waals surface area contributed by atoms with Crippen LogP contribution in [0.25, 0.3) is 0 Å². The topological polar surface area (TPSA) is 44.8 Å². The summed E-state index contributed by atoms with van der Waals surface area (Å²) in [7, 11) is 0. The van der Waals surface area contributed by atoms with E-state index in [-0.39, 0.29) is 12.6 Å². The van der Waals surface area contributed by atoms with Crippen molar-refractivity contribution in [2.45, 2.75) is 65.2 Å². The van der Waals surface area contributed by atoms with Crippen molar-refractivity contribution >= 4 is 5.97 Å². The van der Waals surface area contributed by atoms with E-state index in [9.17, 15) is 4.79 Å². The molecule has 0 aliphatic heterocycles. The number of unbranched alkanes of at least 4 members (excludes halogenated alkanes) is 7. The van der Waals surface area contributed by atoms with Gasteiger partial charge in [-0.1, -0.05) is 51.9 Å². The van der Waals surface area contributed by atoms with Crippen LogP contribution in [-0.4, -0.2) is 32.4 Å². The van der Waals surface area contributed by atoms with Crippen molar-refractivity contribution in [2.75, 3.05) is 26.4 Å². The Balaban J connectivity index is 2.10. The number of rotatable bonds is 15. The van der Waals surface area contributed by atoms with Gasteiger partial charge in [0.05, 0.1) is 18.8 Å². The molecule has 0 N–H and O–H groups in total. The second-order valence-electron chi connectivity index (χ2n) is 6.18. The maximum Gasteiger partial charge on any atom is 0.338 e. The summed E-state index contributed by atoms with van der Waals surface area (Å²) < 4.78 is 16.0. The molecule has 0 amide bonds. The maximum atomic E-state index is 11.8. The molecule has 0 heterocycles. The van der Waals surface area contributed by atoms with E-state index in [0.29, 0.717) is 18.8 Å². The average Bonchev–Trinajstić information content (AvgIpc) is 2.64. The lowest BCUT2D eigenvalue weighted by molar-refractivity contribution is 0.0335. The molecule has 0 saturated heterocycles. The van der Waals surface area contributed by atoms with Crippen LogP contribution in [0, 0.1) is 0 Å². The lowest BCUT2D eigenvalue weighted by atomic mass is 10.1. The monoisotopic (exact) mass is 350 g/mol. The molecule has 4 heteroatoms. The zero-order valence-corrected chi connectivity index (χ0v) is 15.9. The van der Waals surface area contributed by atoms with Gasteiger partial charge in [0.1, 0.15) is 12.4 Å². The molecule has 142 valence electrons. The molecule has 0 aromatic heterocycles. The summed E-state index contributed by atoms with van der Waals surface area (Å²) in [4.78, 5) is 11.8. The lowest BCUT2D eigenvalue weighted by Gasteiger charge is -2.08. The van der Waals surface area contributed by atoms with Gasteiger partial charge in [-0.3, -0.25) is 0 Å². The summed E-state index contributed by atoms with van der Waals surface area (Å²) in [5, 5.41) is 0. The Hall–Kier alpha value is -1.55. The highest BCUT2D eigenvalue weighted by Gasteiger charge is 2.07. The van der Waals surface area contributed by atoms with Crippen LogP contribution >= 0.6 is 0 Å². The van der Waals surface area contributed by atoms with E-state index in [1.54, 1.807) is 12.1 Å². The molecule has 1 aromatic rings. The standard InChI is InChI=1S/C21H34O4/c1-3-5-6-7-8-9-10-11-16-24-20-14-12-19(13-15-20)21(22)25-18-17-23-4-2/h12-15H,3-11,16-18H2,1-2H3. The zero-order chi connectivity index (χ0) is 18.2. The minimum atomic E-state index is -0.325. The predicted molar refractivity (Wildman–Crippen MR) is 101 cm³/mol. The quantitative estimate of drug-likeness (QED) is 0.314. The van der Waals surface area contributed by atoms with Crippen LogP contribution in [0.3, 0.4) is 0 Å². The van der Waals surface area contributed by atoms with Gasteiger partial charge in [0.25, 0.3) is 0 Å². The van der Waals surface area contributed by atoms with Crippen LogP contribution in [0.2, 0.25) is 0 Å². The second kappa shape index (κ2) is 14.8. The molecule has 1 aromatic carbocycles. The van der Waals surface area contributed by atoms with Crippen LogP contribution in [-0.2, 0) is 9.47 Å². The Kier molecular flexibility index (Phi) is 12.7. The molecule has 0 radical (unpaired) electrons. The smallest absolute Gasteiger partial charge is 0.338 e. The summed E-state index contributed by atoms with van der Waals surface area (Å²) in [6.45, 7) is 6.23. The first-order valence-electron chi connectivity index (χ1n) is 9.75. The maximum absolute atomic E-state index is 11.8. The number of benzene rings is 1. The molecule has 25 heavy (non-hydrogen) atoms. The third-order valence-corrected chi connectivity index (χ3v) is 4.02. The van der Waals surface area contributed by atoms with E-state index < -0.39 is 0 Å². The van der Waals surface area contributed by atoms with Crippen molar-refractivity contribution in [2.24, 2.45) is 0 Å². The molecule has 0 aliphatic rings. The molecule has 0 unspecified atom stereocenters. The van der Waals surface area contributed by atoms with Gasteiger partial charge in [-0.25, -0.2) is 4.79 Å². The van der Waals surface area contributed by atoms with E-state index in [1.807, 2.05) is 19.1 Å². The van der Waals surface area contributed by atoms with Crippen molar-refractivity contribution in [3.63, 3.8) is 0 Å². The molecule has 0 aliphatic carbocycles. The van der Waals surface area contributed by atoms with Gasteiger partial charge in [0.2, 0.25) is 0 Å². The molecular weight excluding hydrogens is 316 g/mol. The number of esters is 1. The Morgan fingerprint density at radius 2 is 1.44 bits per heavy atom. The summed E-state index contributed by atoms with van der Waals surface area (Å²) in [5.41, 5.74) is 0.538. The van der Waals surface area contributed by atoms with Crippen molar-refractivity contribution in [3.8, 4) is 5.75 Å². The van der Waals surface area contributed by atoms with Crippen molar-refractivity contribution in [1.29, 1.82) is 0 Å². The van der Waals surface area contributed by atoms with Gasteiger partial charge >= 0.3 is 5.97 Å². The van der Waals surface area contributed by atoms with Gasteiger partial charge in [-0.15, -0.1) is 0 Å². The molecular formula is C21H34O4. The summed E-state index contributed by atoms with van der Waals surface area (Å²) in [5.74, 6) is 0.475. The van der Waals surface area contributed by atoms with Crippen LogP contribution < -0.4 is 4.74 Å². The van der Waals surface area contributed by atoms with Crippen LogP contribution in [0.4, 0.5) is 0 Å². The fraction of sp³-hybridized carbons (Fsp3) is 0.667. The Morgan fingerprint density at radius 1 is 0.800 bits per heavy atom. The Bertz CT molecular complexity index is 442. The molecule has 0 bridgehead atoms. The summed E-state index contributed by atoms with van der Waals surface area (Å²) in [6.07, 6.45) is 10.3. The first-order chi connectivity index (χ1) is 12.3. The fourth-order valence-corrected chi connectivity index (χ4v) is 2.53. The highest BCUT2D eigenvalue weighted by molar-refractivity contribution is 5.89. The van der Waals surface area contributed by atoms with Gasteiger partial charge in [0, 0.05) is 6.61 Å². The number of carbonyl (C=O) groups is 1. The molecule has 0 spiro atoms. The molecule has 0 saturated carbocycles. The van der Waals surface area contributed by atoms with E-state index in [1.165, 1.54) is 44.9 Å². The lowest BCUT2D eigenvalue weighted by Crippen LogP contribution is -2.10. The predicted octanol–water partition coefficient (Wildman–Crippen LogP) is 5.40. The first kappa shape index (κ1) is 21.5. The molecule has 4 nitrogen and oxygen atoms in total. The van der Waals surface area contributed by atoms with E-state index >= 15 is 0 Å². The first-order valence-corrected chi connectivity index (χ1v) is 9.75. The number of ether oxygens (including phenoxy) is 3. The van der Waals surface area contributed by atoms with E-state index in [0.717, 1.165) is 18.8 Å². The van der Waals surface area contributed by atoms with Crippen LogP contribution in [0.15, 0.2) is 24.3 Å². The third-order valence-electron chi connectivity index (χ3n) is 4.02. The molecule has 0 fully saturated rings. The van der Waals surface area contributed by atoms with Crippen molar-refractivity contribution in [3.05, 3.63) is 29.8 Å². The van der Waals surface area contributed by atoms with Gasteiger partial charge in [-0.05, 0) is 37.6 Å². The van der Waals surface area contributed by atoms with Gasteiger partial charge < -0.3 is 14.2 Å². The number of hydrogen-bond acceptors (Lipinski definition) is 4. The number of hydrogen-bond donors (Lipinski definition) is 0. The average molecular weight is 350 g/mol. The minimum absolute atomic E-state index is 0.281. The Morgan fingerprint density at radius 3 is 2.08 bits per heavy atom. The fourth-order valence-electron chi connectivity index (χ4n) is 2.53. The second-order valence-corrected chi connectivity index (χ2v) is 6.18. The van der Waals surface area contributed by atoms with Gasteiger partial charge in [0.15, 0.2) is 0 Å². The Labute approximate surface area is 152 Å². The van der Waals surface area contributed by atoms with Crippen molar-refractivity contribution < 1.29 is 19.0 Å². The van der Waals surface area contributed by atoms with Gasteiger partial charge in [-0.2, -0.15) is 0 Å². The summed E-state index contributed by atoms with van der Waals surface area (Å²) in [6, 6.07) is 7.13.